The van der Waals surface area contributed by atoms with E-state index >= 15 is 0 Å². The van der Waals surface area contributed by atoms with Crippen LogP contribution in [0.1, 0.15) is 59.9 Å². The van der Waals surface area contributed by atoms with Crippen molar-refractivity contribution in [2.75, 3.05) is 25.5 Å². The van der Waals surface area contributed by atoms with Crippen molar-refractivity contribution < 1.29 is 23.9 Å². The first-order chi connectivity index (χ1) is 14.7. The molecule has 0 saturated carbocycles. The summed E-state index contributed by atoms with van der Waals surface area (Å²) >= 11 is 0. The topological polar surface area (TPSA) is 88.2 Å². The van der Waals surface area contributed by atoms with Gasteiger partial charge in [-0.3, -0.25) is 4.79 Å². The van der Waals surface area contributed by atoms with E-state index in [9.17, 15) is 14.4 Å². The van der Waals surface area contributed by atoms with Crippen molar-refractivity contribution in [3.63, 3.8) is 0 Å². The molecular weight excluding hydrogens is 410 g/mol. The maximum atomic E-state index is 12.8. The maximum Gasteiger partial charge on any atom is 0.410 e. The summed E-state index contributed by atoms with van der Waals surface area (Å²) in [5.41, 5.74) is 0.391. The molecule has 0 spiro atoms. The molecule has 1 saturated heterocycles. The van der Waals surface area contributed by atoms with Crippen LogP contribution in [0.3, 0.4) is 0 Å². The minimum absolute atomic E-state index is 0.129. The second-order valence-electron chi connectivity index (χ2n) is 10.3. The molecule has 3 amide bonds. The van der Waals surface area contributed by atoms with Gasteiger partial charge in [0.15, 0.2) is 0 Å². The molecule has 1 unspecified atom stereocenters. The van der Waals surface area contributed by atoms with Gasteiger partial charge in [-0.1, -0.05) is 12.1 Å². The van der Waals surface area contributed by atoms with Gasteiger partial charge in [0.2, 0.25) is 5.91 Å². The summed E-state index contributed by atoms with van der Waals surface area (Å²) in [5.74, 6) is -0.430. The van der Waals surface area contributed by atoms with Gasteiger partial charge < -0.3 is 24.6 Å². The first-order valence-corrected chi connectivity index (χ1v) is 11.1. The number of piperidine rings is 1. The number of carbonyl (C=O) groups is 3. The van der Waals surface area contributed by atoms with E-state index < -0.39 is 17.3 Å². The SMILES string of the molecule is CN(Cc1cccc(NC(=O)C2CCCN(C(=O)OC(C)(C)C)C2)c1)C(=O)OC(C)(C)C. The zero-order chi connectivity index (χ0) is 24.1. The Morgan fingerprint density at radius 1 is 1.09 bits per heavy atom. The molecule has 1 fully saturated rings. The Kier molecular flexibility index (Phi) is 8.15. The van der Waals surface area contributed by atoms with E-state index in [1.807, 2.05) is 65.8 Å². The van der Waals surface area contributed by atoms with Crippen molar-refractivity contribution in [3.8, 4) is 0 Å². The average Bonchev–Trinajstić information content (AvgIpc) is 2.65. The number of anilines is 1. The molecule has 0 bridgehead atoms. The Morgan fingerprint density at radius 3 is 2.38 bits per heavy atom. The smallest absolute Gasteiger partial charge is 0.410 e. The number of carbonyl (C=O) groups excluding carboxylic acids is 3. The van der Waals surface area contributed by atoms with Crippen molar-refractivity contribution in [1.82, 2.24) is 9.80 Å². The third kappa shape index (κ3) is 8.40. The lowest BCUT2D eigenvalue weighted by atomic mass is 9.97. The minimum Gasteiger partial charge on any atom is -0.444 e. The Morgan fingerprint density at radius 2 is 1.75 bits per heavy atom. The number of nitrogens with one attached hydrogen (secondary N) is 1. The van der Waals surface area contributed by atoms with Gasteiger partial charge in [0, 0.05) is 32.4 Å². The standard InChI is InChI=1S/C24H37N3O5/c1-23(2,3)31-21(29)26(7)15-17-10-8-12-19(14-17)25-20(28)18-11-9-13-27(16-18)22(30)32-24(4,5)6/h8,10,12,14,18H,9,11,13,15-16H2,1-7H3,(H,25,28). The Bertz CT molecular complexity index is 826. The molecule has 0 aromatic heterocycles. The summed E-state index contributed by atoms with van der Waals surface area (Å²) in [6.45, 7) is 12.2. The van der Waals surface area contributed by atoms with Crippen LogP contribution in [-0.2, 0) is 20.8 Å². The van der Waals surface area contributed by atoms with Crippen LogP contribution in [-0.4, -0.2) is 59.2 Å². The number of hydrogen-bond donors (Lipinski definition) is 1. The quantitative estimate of drug-likeness (QED) is 0.726. The summed E-state index contributed by atoms with van der Waals surface area (Å²) < 4.78 is 10.8. The molecule has 1 aliphatic rings. The molecule has 0 aliphatic carbocycles. The van der Waals surface area contributed by atoms with Gasteiger partial charge in [-0.15, -0.1) is 0 Å². The summed E-state index contributed by atoms with van der Waals surface area (Å²) in [7, 11) is 1.67. The van der Waals surface area contributed by atoms with E-state index in [4.69, 9.17) is 9.47 Å². The van der Waals surface area contributed by atoms with Crippen LogP contribution in [0.25, 0.3) is 0 Å². The van der Waals surface area contributed by atoms with Crippen LogP contribution in [0.5, 0.6) is 0 Å². The zero-order valence-corrected chi connectivity index (χ0v) is 20.4. The predicted octanol–water partition coefficient (Wildman–Crippen LogP) is 4.64. The monoisotopic (exact) mass is 447 g/mol. The molecule has 1 atom stereocenters. The molecule has 1 aliphatic heterocycles. The number of ether oxygens (including phenoxy) is 2. The van der Waals surface area contributed by atoms with E-state index in [1.165, 1.54) is 4.90 Å². The van der Waals surface area contributed by atoms with Gasteiger partial charge in [0.05, 0.1) is 5.92 Å². The molecule has 1 heterocycles. The summed E-state index contributed by atoms with van der Waals surface area (Å²) in [6.07, 6.45) is 0.670. The van der Waals surface area contributed by atoms with Gasteiger partial charge >= 0.3 is 12.2 Å². The highest BCUT2D eigenvalue weighted by Crippen LogP contribution is 2.22. The number of hydrogen-bond acceptors (Lipinski definition) is 5. The predicted molar refractivity (Wildman–Crippen MR) is 123 cm³/mol. The van der Waals surface area contributed by atoms with Crippen LogP contribution in [0, 0.1) is 5.92 Å². The molecule has 8 heteroatoms. The number of benzene rings is 1. The van der Waals surface area contributed by atoms with Crippen molar-refractivity contribution in [3.05, 3.63) is 29.8 Å². The molecule has 0 radical (unpaired) electrons. The van der Waals surface area contributed by atoms with Gasteiger partial charge in [-0.25, -0.2) is 9.59 Å². The summed E-state index contributed by atoms with van der Waals surface area (Å²) in [4.78, 5) is 40.5. The van der Waals surface area contributed by atoms with E-state index in [-0.39, 0.29) is 17.9 Å². The van der Waals surface area contributed by atoms with Gasteiger partial charge in [0.25, 0.3) is 0 Å². The van der Waals surface area contributed by atoms with Crippen LogP contribution < -0.4 is 5.32 Å². The second-order valence-corrected chi connectivity index (χ2v) is 10.3. The van der Waals surface area contributed by atoms with E-state index in [0.717, 1.165) is 12.0 Å². The van der Waals surface area contributed by atoms with Crippen molar-refractivity contribution in [2.24, 2.45) is 5.92 Å². The van der Waals surface area contributed by atoms with E-state index in [2.05, 4.69) is 5.32 Å². The van der Waals surface area contributed by atoms with Crippen LogP contribution in [0.2, 0.25) is 0 Å². The number of likely N-dealkylation sites (tertiary alicyclic amines) is 1. The molecule has 1 aromatic rings. The fourth-order valence-corrected chi connectivity index (χ4v) is 3.35. The Labute approximate surface area is 191 Å². The van der Waals surface area contributed by atoms with Crippen molar-refractivity contribution in [1.29, 1.82) is 0 Å². The third-order valence-electron chi connectivity index (χ3n) is 4.76. The molecular formula is C24H37N3O5. The molecule has 32 heavy (non-hydrogen) atoms. The van der Waals surface area contributed by atoms with Crippen molar-refractivity contribution >= 4 is 23.8 Å². The Hall–Kier alpha value is -2.77. The fourth-order valence-electron chi connectivity index (χ4n) is 3.35. The van der Waals surface area contributed by atoms with Crippen LogP contribution >= 0.6 is 0 Å². The lowest BCUT2D eigenvalue weighted by Crippen LogP contribution is -2.45. The van der Waals surface area contributed by atoms with Gasteiger partial charge in [0.1, 0.15) is 11.2 Å². The van der Waals surface area contributed by atoms with Crippen molar-refractivity contribution in [2.45, 2.75) is 72.1 Å². The van der Waals surface area contributed by atoms with Crippen LogP contribution in [0.4, 0.5) is 15.3 Å². The molecule has 1 N–H and O–H groups in total. The van der Waals surface area contributed by atoms with Gasteiger partial charge in [-0.05, 0) is 72.1 Å². The normalized spacial score (nSPS) is 16.8. The van der Waals surface area contributed by atoms with E-state index in [1.54, 1.807) is 11.9 Å². The summed E-state index contributed by atoms with van der Waals surface area (Å²) in [5, 5.41) is 2.95. The van der Waals surface area contributed by atoms with Crippen LogP contribution in [0.15, 0.2) is 24.3 Å². The third-order valence-corrected chi connectivity index (χ3v) is 4.76. The minimum atomic E-state index is -0.570. The molecule has 8 nitrogen and oxygen atoms in total. The highest BCUT2D eigenvalue weighted by Gasteiger charge is 2.31. The first kappa shape index (κ1) is 25.5. The zero-order valence-electron chi connectivity index (χ0n) is 20.4. The Balaban J connectivity index is 1.96. The lowest BCUT2D eigenvalue weighted by molar-refractivity contribution is -0.121. The first-order valence-electron chi connectivity index (χ1n) is 11.1. The highest BCUT2D eigenvalue weighted by atomic mass is 16.6. The van der Waals surface area contributed by atoms with Gasteiger partial charge in [-0.2, -0.15) is 0 Å². The lowest BCUT2D eigenvalue weighted by Gasteiger charge is -2.33. The molecule has 2 rings (SSSR count). The molecule has 178 valence electrons. The number of nitrogens with zero attached hydrogens (tertiary/aromatic N) is 2. The fraction of sp³-hybridized carbons (Fsp3) is 0.625. The maximum absolute atomic E-state index is 12.8. The number of amides is 3. The average molecular weight is 448 g/mol. The highest BCUT2D eigenvalue weighted by molar-refractivity contribution is 5.93. The number of rotatable bonds is 4. The molecule has 1 aromatic carbocycles. The van der Waals surface area contributed by atoms with E-state index in [0.29, 0.717) is 31.7 Å². The second kappa shape index (κ2) is 10.2. The largest absolute Gasteiger partial charge is 0.444 e. The summed E-state index contributed by atoms with van der Waals surface area (Å²) in [6, 6.07) is 7.37.